The minimum absolute atomic E-state index is 0.254. The lowest BCUT2D eigenvalue weighted by molar-refractivity contribution is -0.124. The molecule has 2 atom stereocenters. The van der Waals surface area contributed by atoms with E-state index in [4.69, 9.17) is 11.5 Å². The van der Waals surface area contributed by atoms with Gasteiger partial charge in [0, 0.05) is 35.6 Å². The highest BCUT2D eigenvalue weighted by molar-refractivity contribution is 5.94. The number of rotatable bonds is 4. The molecule has 0 spiro atoms. The number of primary amides is 1. The molecule has 4 heteroatoms. The van der Waals surface area contributed by atoms with Crippen LogP contribution in [0.15, 0.2) is 43.1 Å². The van der Waals surface area contributed by atoms with Gasteiger partial charge in [-0.3, -0.25) is 4.79 Å². The van der Waals surface area contributed by atoms with E-state index in [0.717, 1.165) is 16.5 Å². The summed E-state index contributed by atoms with van der Waals surface area (Å²) in [6.07, 6.45) is 3.53. The molecule has 0 saturated heterocycles. The van der Waals surface area contributed by atoms with E-state index in [1.54, 1.807) is 6.08 Å². The van der Waals surface area contributed by atoms with E-state index >= 15 is 0 Å². The number of aromatic nitrogens is 1. The molecule has 0 radical (unpaired) electrons. The highest BCUT2D eigenvalue weighted by atomic mass is 16.1. The smallest absolute Gasteiger partial charge is 0.242 e. The largest absolute Gasteiger partial charge is 0.368 e. The van der Waals surface area contributed by atoms with E-state index in [-0.39, 0.29) is 5.92 Å². The molecule has 1 heterocycles. The zero-order valence-corrected chi connectivity index (χ0v) is 11.3. The molecule has 1 aromatic heterocycles. The minimum Gasteiger partial charge on any atom is -0.368 e. The second kappa shape index (κ2) is 4.55. The molecule has 2 rings (SSSR count). The Balaban J connectivity index is 2.77. The van der Waals surface area contributed by atoms with Crippen molar-refractivity contribution in [1.82, 2.24) is 4.57 Å². The maximum Gasteiger partial charge on any atom is 0.242 e. The number of benzene rings is 1. The van der Waals surface area contributed by atoms with Crippen LogP contribution in [0.25, 0.3) is 10.9 Å². The fourth-order valence-corrected chi connectivity index (χ4v) is 2.46. The van der Waals surface area contributed by atoms with Crippen molar-refractivity contribution in [3.8, 4) is 0 Å². The molecule has 0 unspecified atom stereocenters. The molecule has 0 fully saturated rings. The van der Waals surface area contributed by atoms with Gasteiger partial charge in [-0.1, -0.05) is 31.2 Å². The highest BCUT2D eigenvalue weighted by Crippen LogP contribution is 2.34. The van der Waals surface area contributed by atoms with Gasteiger partial charge in [0.2, 0.25) is 5.91 Å². The van der Waals surface area contributed by atoms with E-state index in [0.29, 0.717) is 0 Å². The van der Waals surface area contributed by atoms with E-state index in [1.807, 2.05) is 49.0 Å². The fraction of sp³-hybridized carbons (Fsp3) is 0.267. The van der Waals surface area contributed by atoms with E-state index < -0.39 is 11.4 Å². The van der Waals surface area contributed by atoms with Gasteiger partial charge in [0.15, 0.2) is 0 Å². The zero-order valence-electron chi connectivity index (χ0n) is 11.3. The lowest BCUT2D eigenvalue weighted by atomic mass is 9.79. The Morgan fingerprint density at radius 1 is 1.47 bits per heavy atom. The number of amides is 1. The first-order valence-corrected chi connectivity index (χ1v) is 6.18. The fourth-order valence-electron chi connectivity index (χ4n) is 2.46. The average Bonchev–Trinajstić information content (AvgIpc) is 2.75. The SMILES string of the molecule is C=C[C@@H](C)[C@@](N)(C(N)=O)c1cn(C)c2ccccc12. The summed E-state index contributed by atoms with van der Waals surface area (Å²) in [5, 5.41) is 0.944. The molecule has 0 aliphatic rings. The number of fused-ring (bicyclic) bond motifs is 1. The van der Waals surface area contributed by atoms with Crippen molar-refractivity contribution >= 4 is 16.8 Å². The Hall–Kier alpha value is -2.07. The number of carbonyl (C=O) groups excluding carboxylic acids is 1. The third kappa shape index (κ3) is 1.85. The Morgan fingerprint density at radius 2 is 2.11 bits per heavy atom. The Morgan fingerprint density at radius 3 is 2.68 bits per heavy atom. The standard InChI is InChI=1S/C15H19N3O/c1-4-10(2)15(17,14(16)19)12-9-18(3)13-8-6-5-7-11(12)13/h4-10H,1,17H2,2-3H3,(H2,16,19)/t10-,15+/m1/s1. The van der Waals surface area contributed by atoms with Crippen molar-refractivity contribution in [2.45, 2.75) is 12.5 Å². The van der Waals surface area contributed by atoms with Crippen molar-refractivity contribution in [3.05, 3.63) is 48.7 Å². The van der Waals surface area contributed by atoms with Crippen molar-refractivity contribution in [2.24, 2.45) is 24.4 Å². The van der Waals surface area contributed by atoms with Gasteiger partial charge < -0.3 is 16.0 Å². The molecular formula is C15H19N3O. The van der Waals surface area contributed by atoms with Gasteiger partial charge in [-0.15, -0.1) is 6.58 Å². The van der Waals surface area contributed by atoms with Crippen molar-refractivity contribution in [3.63, 3.8) is 0 Å². The molecule has 0 aliphatic carbocycles. The quantitative estimate of drug-likeness (QED) is 0.817. The highest BCUT2D eigenvalue weighted by Gasteiger charge is 2.40. The number of aryl methyl sites for hydroxylation is 1. The molecule has 19 heavy (non-hydrogen) atoms. The van der Waals surface area contributed by atoms with Gasteiger partial charge in [0.25, 0.3) is 0 Å². The van der Waals surface area contributed by atoms with Crippen LogP contribution in [0.4, 0.5) is 0 Å². The second-order valence-electron chi connectivity index (χ2n) is 4.93. The molecule has 0 saturated carbocycles. The number of carbonyl (C=O) groups is 1. The number of para-hydroxylation sites is 1. The molecule has 1 amide bonds. The van der Waals surface area contributed by atoms with Crippen LogP contribution in [0.1, 0.15) is 12.5 Å². The van der Waals surface area contributed by atoms with Crippen LogP contribution >= 0.6 is 0 Å². The molecule has 1 aromatic carbocycles. The number of hydrogen-bond donors (Lipinski definition) is 2. The predicted octanol–water partition coefficient (Wildman–Crippen LogP) is 1.64. The van der Waals surface area contributed by atoms with Gasteiger partial charge in [-0.2, -0.15) is 0 Å². The summed E-state index contributed by atoms with van der Waals surface area (Å²) < 4.78 is 1.95. The lowest BCUT2D eigenvalue weighted by Gasteiger charge is -2.30. The topological polar surface area (TPSA) is 74.0 Å². The summed E-state index contributed by atoms with van der Waals surface area (Å²) in [7, 11) is 1.92. The van der Waals surface area contributed by atoms with Gasteiger partial charge in [-0.05, 0) is 6.07 Å². The molecule has 4 nitrogen and oxygen atoms in total. The summed E-state index contributed by atoms with van der Waals surface area (Å²) in [6.45, 7) is 5.57. The predicted molar refractivity (Wildman–Crippen MR) is 77.3 cm³/mol. The molecular weight excluding hydrogens is 238 g/mol. The van der Waals surface area contributed by atoms with Crippen LogP contribution in [-0.2, 0) is 17.4 Å². The third-order valence-corrected chi connectivity index (χ3v) is 3.82. The minimum atomic E-state index is -1.25. The maximum atomic E-state index is 11.9. The normalized spacial score (nSPS) is 15.9. The summed E-state index contributed by atoms with van der Waals surface area (Å²) in [5.74, 6) is -0.799. The lowest BCUT2D eigenvalue weighted by Crippen LogP contribution is -2.53. The van der Waals surface area contributed by atoms with Crippen LogP contribution in [-0.4, -0.2) is 10.5 Å². The molecule has 0 bridgehead atoms. The van der Waals surface area contributed by atoms with Gasteiger partial charge in [0.05, 0.1) is 0 Å². The van der Waals surface area contributed by atoms with Crippen molar-refractivity contribution < 1.29 is 4.79 Å². The van der Waals surface area contributed by atoms with Gasteiger partial charge >= 0.3 is 0 Å². The Bertz CT molecular complexity index is 644. The molecule has 4 N–H and O–H groups in total. The average molecular weight is 257 g/mol. The summed E-state index contributed by atoms with van der Waals surface area (Å²) in [5.41, 5.74) is 12.4. The molecule has 2 aromatic rings. The summed E-state index contributed by atoms with van der Waals surface area (Å²) in [4.78, 5) is 11.9. The van der Waals surface area contributed by atoms with Gasteiger partial charge in [0.1, 0.15) is 5.54 Å². The first kappa shape index (κ1) is 13.4. The van der Waals surface area contributed by atoms with Crippen LogP contribution in [0.2, 0.25) is 0 Å². The Labute approximate surface area is 112 Å². The van der Waals surface area contributed by atoms with Crippen LogP contribution < -0.4 is 11.5 Å². The number of nitrogens with zero attached hydrogens (tertiary/aromatic N) is 1. The van der Waals surface area contributed by atoms with Crippen LogP contribution in [0, 0.1) is 5.92 Å². The van der Waals surface area contributed by atoms with Gasteiger partial charge in [-0.25, -0.2) is 0 Å². The summed E-state index contributed by atoms with van der Waals surface area (Å²) in [6, 6.07) is 7.81. The van der Waals surface area contributed by atoms with E-state index in [2.05, 4.69) is 6.58 Å². The van der Waals surface area contributed by atoms with Crippen molar-refractivity contribution in [1.29, 1.82) is 0 Å². The molecule has 100 valence electrons. The first-order valence-electron chi connectivity index (χ1n) is 6.18. The second-order valence-corrected chi connectivity index (χ2v) is 4.93. The van der Waals surface area contributed by atoms with E-state index in [9.17, 15) is 4.79 Å². The first-order chi connectivity index (χ1) is 8.92. The number of nitrogens with two attached hydrogens (primary N) is 2. The van der Waals surface area contributed by atoms with E-state index in [1.165, 1.54) is 0 Å². The zero-order chi connectivity index (χ0) is 14.2. The number of hydrogen-bond acceptors (Lipinski definition) is 2. The Kier molecular flexibility index (Phi) is 3.20. The maximum absolute atomic E-state index is 11.9. The van der Waals surface area contributed by atoms with Crippen LogP contribution in [0.3, 0.4) is 0 Å². The van der Waals surface area contributed by atoms with Crippen LogP contribution in [0.5, 0.6) is 0 Å². The summed E-state index contributed by atoms with van der Waals surface area (Å²) >= 11 is 0. The molecule has 0 aliphatic heterocycles. The monoisotopic (exact) mass is 257 g/mol. The third-order valence-electron chi connectivity index (χ3n) is 3.82. The van der Waals surface area contributed by atoms with Crippen molar-refractivity contribution in [2.75, 3.05) is 0 Å².